The number of anilines is 2. The molecule has 0 aliphatic rings. The quantitative estimate of drug-likeness (QED) is 0.356. The van der Waals surface area contributed by atoms with Crippen LogP contribution in [0.25, 0.3) is 31.7 Å². The lowest BCUT2D eigenvalue weighted by Gasteiger charge is -2.00. The summed E-state index contributed by atoms with van der Waals surface area (Å²) in [5, 5.41) is 4.17. The molecule has 0 atom stereocenters. The number of nitrogens with one attached hydrogen (secondary N) is 1. The summed E-state index contributed by atoms with van der Waals surface area (Å²) in [4.78, 5) is 23.3. The molecule has 0 radical (unpaired) electrons. The average molecular weight is 447 g/mol. The number of carbonyl (C=O) groups excluding carboxylic acids is 1. The van der Waals surface area contributed by atoms with Crippen molar-refractivity contribution in [1.29, 1.82) is 0 Å². The molecule has 1 amide bonds. The van der Waals surface area contributed by atoms with Crippen LogP contribution in [-0.2, 0) is 0 Å². The second kappa shape index (κ2) is 7.98. The number of rotatable bonds is 5. The summed E-state index contributed by atoms with van der Waals surface area (Å²) in [6, 6.07) is 19.4. The second-order valence-electron chi connectivity index (χ2n) is 6.80. The lowest BCUT2D eigenvalue weighted by molar-refractivity contribution is 0.103. The van der Waals surface area contributed by atoms with E-state index >= 15 is 0 Å². The molecule has 0 aliphatic heterocycles. The van der Waals surface area contributed by atoms with E-state index in [-0.39, 0.29) is 5.91 Å². The lowest BCUT2D eigenvalue weighted by atomic mass is 10.1. The number of thiazole rings is 1. The molecule has 3 aromatic heterocycles. The molecule has 0 saturated heterocycles. The van der Waals surface area contributed by atoms with E-state index in [0.29, 0.717) is 22.3 Å². The van der Waals surface area contributed by atoms with Crippen molar-refractivity contribution in [1.82, 2.24) is 9.97 Å². The Morgan fingerprint density at radius 1 is 1.06 bits per heavy atom. The number of ether oxygens (including phenoxy) is 1. The van der Waals surface area contributed by atoms with Crippen molar-refractivity contribution < 1.29 is 9.53 Å². The maximum absolute atomic E-state index is 12.9. The van der Waals surface area contributed by atoms with Crippen molar-refractivity contribution >= 4 is 59.8 Å². The zero-order valence-corrected chi connectivity index (χ0v) is 18.2. The van der Waals surface area contributed by atoms with Gasteiger partial charge in [0.25, 0.3) is 5.91 Å². The Balaban J connectivity index is 1.44. The van der Waals surface area contributed by atoms with Crippen LogP contribution >= 0.6 is 22.7 Å². The Morgan fingerprint density at radius 2 is 1.90 bits per heavy atom. The van der Waals surface area contributed by atoms with Gasteiger partial charge in [0.15, 0.2) is 5.13 Å². The number of hydrogen-bond donors (Lipinski definition) is 2. The first-order chi connectivity index (χ1) is 15.1. The topological polar surface area (TPSA) is 90.1 Å². The zero-order chi connectivity index (χ0) is 21.4. The number of fused-ring (bicyclic) bond motifs is 2. The molecule has 0 spiro atoms. The molecule has 0 bridgehead atoms. The molecule has 6 nitrogen and oxygen atoms in total. The minimum absolute atomic E-state index is 0.286. The summed E-state index contributed by atoms with van der Waals surface area (Å²) >= 11 is 2.68. The van der Waals surface area contributed by atoms with Crippen molar-refractivity contribution in [3.63, 3.8) is 0 Å². The van der Waals surface area contributed by atoms with E-state index in [4.69, 9.17) is 15.5 Å². The van der Waals surface area contributed by atoms with Crippen LogP contribution in [0.4, 0.5) is 10.8 Å². The highest BCUT2D eigenvalue weighted by molar-refractivity contribution is 7.23. The molecule has 3 N–H and O–H groups in total. The van der Waals surface area contributed by atoms with E-state index in [2.05, 4.69) is 10.3 Å². The number of carbonyl (C=O) groups is 1. The number of nitrogens with two attached hydrogens (primary N) is 1. The van der Waals surface area contributed by atoms with Crippen LogP contribution < -0.4 is 15.8 Å². The Kier molecular flexibility index (Phi) is 5.01. The van der Waals surface area contributed by atoms with Crippen LogP contribution in [0, 0.1) is 0 Å². The zero-order valence-electron chi connectivity index (χ0n) is 16.6. The number of hydrogen-bond acceptors (Lipinski definition) is 7. The highest BCUT2D eigenvalue weighted by atomic mass is 32.1. The van der Waals surface area contributed by atoms with Crippen LogP contribution in [0.1, 0.15) is 16.6 Å². The van der Waals surface area contributed by atoms with Gasteiger partial charge in [0.05, 0.1) is 28.2 Å². The SMILES string of the molecule is CCOc1ccc2nc(NC(=O)c3sc4nc(-c5ccccc5)ccc4c3N)sc2c1. The van der Waals surface area contributed by atoms with Crippen LogP contribution in [0.5, 0.6) is 5.75 Å². The van der Waals surface area contributed by atoms with E-state index in [0.717, 1.165) is 37.4 Å². The van der Waals surface area contributed by atoms with Gasteiger partial charge in [0, 0.05) is 10.9 Å². The van der Waals surface area contributed by atoms with Crippen molar-refractivity contribution in [2.45, 2.75) is 6.92 Å². The monoisotopic (exact) mass is 446 g/mol. The number of benzene rings is 2. The first-order valence-electron chi connectivity index (χ1n) is 9.71. The fraction of sp³-hybridized carbons (Fsp3) is 0.0870. The normalized spacial score (nSPS) is 11.1. The largest absolute Gasteiger partial charge is 0.494 e. The van der Waals surface area contributed by atoms with Crippen molar-refractivity contribution in [2.24, 2.45) is 0 Å². The van der Waals surface area contributed by atoms with Gasteiger partial charge in [0.1, 0.15) is 15.5 Å². The third kappa shape index (κ3) is 3.71. The summed E-state index contributed by atoms with van der Waals surface area (Å²) in [6.45, 7) is 2.54. The summed E-state index contributed by atoms with van der Waals surface area (Å²) in [6.07, 6.45) is 0. The molecule has 3 heterocycles. The third-order valence-electron chi connectivity index (χ3n) is 4.76. The molecule has 0 aliphatic carbocycles. The Bertz CT molecular complexity index is 1410. The van der Waals surface area contributed by atoms with Crippen LogP contribution in [0.2, 0.25) is 0 Å². The van der Waals surface area contributed by atoms with Crippen LogP contribution in [0.3, 0.4) is 0 Å². The maximum atomic E-state index is 12.9. The Morgan fingerprint density at radius 3 is 2.71 bits per heavy atom. The van der Waals surface area contributed by atoms with E-state index in [1.54, 1.807) is 0 Å². The van der Waals surface area contributed by atoms with Gasteiger partial charge >= 0.3 is 0 Å². The van der Waals surface area contributed by atoms with Gasteiger partial charge in [-0.15, -0.1) is 11.3 Å². The van der Waals surface area contributed by atoms with Crippen molar-refractivity contribution in [3.8, 4) is 17.0 Å². The molecule has 154 valence electrons. The molecule has 5 aromatic rings. The van der Waals surface area contributed by atoms with Crippen LogP contribution in [0.15, 0.2) is 60.7 Å². The molecular weight excluding hydrogens is 428 g/mol. The van der Waals surface area contributed by atoms with Gasteiger partial charge in [0.2, 0.25) is 0 Å². The maximum Gasteiger partial charge on any atom is 0.269 e. The molecule has 0 unspecified atom stereocenters. The molecule has 0 saturated carbocycles. The smallest absolute Gasteiger partial charge is 0.269 e. The number of nitrogen functional groups attached to an aromatic ring is 1. The van der Waals surface area contributed by atoms with Crippen LogP contribution in [-0.4, -0.2) is 22.5 Å². The van der Waals surface area contributed by atoms with Gasteiger partial charge in [-0.3, -0.25) is 10.1 Å². The molecule has 2 aromatic carbocycles. The second-order valence-corrected chi connectivity index (χ2v) is 8.83. The first-order valence-corrected chi connectivity index (χ1v) is 11.3. The molecule has 0 fully saturated rings. The van der Waals surface area contributed by atoms with Gasteiger partial charge in [-0.1, -0.05) is 41.7 Å². The van der Waals surface area contributed by atoms with E-state index in [1.807, 2.05) is 67.6 Å². The highest BCUT2D eigenvalue weighted by Crippen LogP contribution is 2.35. The van der Waals surface area contributed by atoms with Gasteiger partial charge in [-0.25, -0.2) is 9.97 Å². The first kappa shape index (κ1) is 19.5. The fourth-order valence-electron chi connectivity index (χ4n) is 3.30. The molecule has 31 heavy (non-hydrogen) atoms. The van der Waals surface area contributed by atoms with Crippen molar-refractivity contribution in [2.75, 3.05) is 17.7 Å². The lowest BCUT2D eigenvalue weighted by Crippen LogP contribution is -2.11. The predicted molar refractivity (Wildman–Crippen MR) is 128 cm³/mol. The Hall–Kier alpha value is -3.49. The minimum Gasteiger partial charge on any atom is -0.494 e. The van der Waals surface area contributed by atoms with Gasteiger partial charge in [-0.05, 0) is 37.3 Å². The number of amides is 1. The molecule has 8 heteroatoms. The van der Waals surface area contributed by atoms with Gasteiger partial charge in [-0.2, -0.15) is 0 Å². The Labute approximate surface area is 186 Å². The van der Waals surface area contributed by atoms with E-state index in [9.17, 15) is 4.79 Å². The van der Waals surface area contributed by atoms with E-state index in [1.165, 1.54) is 22.7 Å². The number of aromatic nitrogens is 2. The number of nitrogens with zero attached hydrogens (tertiary/aromatic N) is 2. The fourth-order valence-corrected chi connectivity index (χ4v) is 5.18. The summed E-state index contributed by atoms with van der Waals surface area (Å²) in [7, 11) is 0. The third-order valence-corrected chi connectivity index (χ3v) is 6.81. The highest BCUT2D eigenvalue weighted by Gasteiger charge is 2.19. The van der Waals surface area contributed by atoms with Crippen molar-refractivity contribution in [3.05, 3.63) is 65.5 Å². The van der Waals surface area contributed by atoms with Gasteiger partial charge < -0.3 is 10.5 Å². The molecule has 5 rings (SSSR count). The predicted octanol–water partition coefficient (Wildman–Crippen LogP) is 5.81. The average Bonchev–Trinajstić information content (AvgIpc) is 3.34. The molecular formula is C23H18N4O2S2. The number of pyridine rings is 1. The minimum atomic E-state index is -0.286. The standard InChI is InChI=1S/C23H18N4O2S2/c1-2-29-14-8-10-17-18(12-14)30-23(26-17)27-21(28)20-19(24)15-9-11-16(25-22(15)31-20)13-6-4-3-5-7-13/h3-12H,2,24H2,1H3,(H,26,27,28). The number of thiophene rings is 1. The summed E-state index contributed by atoms with van der Waals surface area (Å²) in [5.41, 5.74) is 9.39. The summed E-state index contributed by atoms with van der Waals surface area (Å²) in [5.74, 6) is 0.497. The summed E-state index contributed by atoms with van der Waals surface area (Å²) < 4.78 is 6.48. The van der Waals surface area contributed by atoms with E-state index < -0.39 is 0 Å².